The molecule has 0 heterocycles. The molecule has 0 fully saturated rings. The van der Waals surface area contributed by atoms with Crippen LogP contribution in [0.4, 0.5) is 0 Å². The molecule has 100 valence electrons. The highest BCUT2D eigenvalue weighted by molar-refractivity contribution is 7.90. The number of hydrogen-bond acceptors (Lipinski definition) is 4. The summed E-state index contributed by atoms with van der Waals surface area (Å²) in [4.78, 5) is 2.06. The van der Waals surface area contributed by atoms with E-state index in [-0.39, 0.29) is 17.8 Å². The lowest BCUT2D eigenvalue weighted by molar-refractivity contribution is 0.234. The van der Waals surface area contributed by atoms with Gasteiger partial charge in [-0.05, 0) is 24.6 Å². The van der Waals surface area contributed by atoms with Crippen LogP contribution in [0.2, 0.25) is 0 Å². The molecule has 0 bridgehead atoms. The van der Waals surface area contributed by atoms with E-state index < -0.39 is 9.84 Å². The second-order valence-corrected chi connectivity index (χ2v) is 7.37. The fourth-order valence-corrected chi connectivity index (χ4v) is 3.13. The number of nitrogens with two attached hydrogens (primary N) is 1. The molecule has 2 N–H and O–H groups in total. The number of rotatable bonds is 4. The third kappa shape index (κ3) is 2.91. The lowest BCUT2D eigenvalue weighted by Gasteiger charge is -2.27. The Bertz CT molecular complexity index is 528. The van der Waals surface area contributed by atoms with Crippen molar-refractivity contribution < 1.29 is 8.42 Å². The van der Waals surface area contributed by atoms with E-state index in [2.05, 4.69) is 17.0 Å². The second-order valence-electron chi connectivity index (χ2n) is 5.11. The van der Waals surface area contributed by atoms with Crippen molar-refractivity contribution in [3.05, 3.63) is 35.4 Å². The van der Waals surface area contributed by atoms with Crippen molar-refractivity contribution in [3.8, 4) is 0 Å². The van der Waals surface area contributed by atoms with Gasteiger partial charge in [0.2, 0.25) is 0 Å². The van der Waals surface area contributed by atoms with Gasteiger partial charge in [0.25, 0.3) is 0 Å². The van der Waals surface area contributed by atoms with Crippen molar-refractivity contribution in [2.24, 2.45) is 5.73 Å². The standard InChI is InChI=1S/C13H20N2O2S/c1-15(7-8-18(2,16)17)12-9-10-5-3-4-6-11(10)13(12)14/h3-6,12-13H,7-9,14H2,1-2H3. The van der Waals surface area contributed by atoms with E-state index in [1.807, 2.05) is 19.2 Å². The number of sulfone groups is 1. The van der Waals surface area contributed by atoms with Crippen LogP contribution in [0, 0.1) is 0 Å². The fourth-order valence-electron chi connectivity index (χ4n) is 2.51. The van der Waals surface area contributed by atoms with Crippen LogP contribution in [0.15, 0.2) is 24.3 Å². The number of fused-ring (bicyclic) bond motifs is 1. The minimum atomic E-state index is -2.92. The molecule has 1 aromatic carbocycles. The van der Waals surface area contributed by atoms with Crippen LogP contribution in [0.3, 0.4) is 0 Å². The van der Waals surface area contributed by atoms with Gasteiger partial charge in [-0.3, -0.25) is 0 Å². The average molecular weight is 268 g/mol. The van der Waals surface area contributed by atoms with E-state index >= 15 is 0 Å². The van der Waals surface area contributed by atoms with Gasteiger partial charge in [0.05, 0.1) is 5.75 Å². The molecule has 0 aliphatic heterocycles. The Kier molecular flexibility index (Phi) is 3.75. The minimum absolute atomic E-state index is 0.0224. The minimum Gasteiger partial charge on any atom is -0.323 e. The van der Waals surface area contributed by atoms with Gasteiger partial charge >= 0.3 is 0 Å². The van der Waals surface area contributed by atoms with Gasteiger partial charge in [0, 0.05) is 24.9 Å². The Labute approximate surface area is 109 Å². The zero-order valence-corrected chi connectivity index (χ0v) is 11.7. The first-order chi connectivity index (χ1) is 8.38. The van der Waals surface area contributed by atoms with Crippen molar-refractivity contribution >= 4 is 9.84 Å². The predicted molar refractivity (Wildman–Crippen MR) is 73.2 cm³/mol. The maximum atomic E-state index is 11.2. The fraction of sp³-hybridized carbons (Fsp3) is 0.538. The molecule has 0 saturated heterocycles. The molecule has 0 radical (unpaired) electrons. The first kappa shape index (κ1) is 13.5. The maximum absolute atomic E-state index is 11.2. The van der Waals surface area contributed by atoms with Crippen LogP contribution in [0.25, 0.3) is 0 Å². The summed E-state index contributed by atoms with van der Waals surface area (Å²) < 4.78 is 22.4. The number of nitrogens with zero attached hydrogens (tertiary/aromatic N) is 1. The van der Waals surface area contributed by atoms with E-state index in [1.165, 1.54) is 17.4 Å². The molecule has 2 unspecified atom stereocenters. The molecule has 18 heavy (non-hydrogen) atoms. The van der Waals surface area contributed by atoms with Gasteiger partial charge in [-0.15, -0.1) is 0 Å². The van der Waals surface area contributed by atoms with Crippen molar-refractivity contribution in [3.63, 3.8) is 0 Å². The Hall–Kier alpha value is -0.910. The molecule has 0 amide bonds. The van der Waals surface area contributed by atoms with Gasteiger partial charge in [-0.1, -0.05) is 24.3 Å². The third-order valence-corrected chi connectivity index (χ3v) is 4.56. The molecule has 5 heteroatoms. The summed E-state index contributed by atoms with van der Waals surface area (Å²) in [5.74, 6) is 0.184. The highest BCUT2D eigenvalue weighted by Crippen LogP contribution is 2.31. The molecule has 0 aromatic heterocycles. The number of likely N-dealkylation sites (N-methyl/N-ethyl adjacent to an activating group) is 1. The van der Waals surface area contributed by atoms with E-state index in [9.17, 15) is 8.42 Å². The largest absolute Gasteiger partial charge is 0.323 e. The van der Waals surface area contributed by atoms with E-state index in [0.717, 1.165) is 6.42 Å². The molecule has 1 aliphatic rings. The molecule has 2 atom stereocenters. The van der Waals surface area contributed by atoms with Crippen LogP contribution in [0.5, 0.6) is 0 Å². The zero-order chi connectivity index (χ0) is 13.3. The van der Waals surface area contributed by atoms with Crippen molar-refractivity contribution in [1.29, 1.82) is 0 Å². The first-order valence-corrected chi connectivity index (χ1v) is 8.16. The van der Waals surface area contributed by atoms with E-state index in [1.54, 1.807) is 0 Å². The van der Waals surface area contributed by atoms with Crippen LogP contribution in [-0.2, 0) is 16.3 Å². The van der Waals surface area contributed by atoms with Gasteiger partial charge in [-0.25, -0.2) is 8.42 Å². The summed E-state index contributed by atoms with van der Waals surface area (Å²) in [6.45, 7) is 0.533. The molecule has 0 saturated carbocycles. The normalized spacial score (nSPS) is 23.3. The number of hydrogen-bond donors (Lipinski definition) is 1. The SMILES string of the molecule is CN(CCS(C)(=O)=O)C1Cc2ccccc2C1N. The molecular formula is C13H20N2O2S. The Morgan fingerprint density at radius 2 is 2.06 bits per heavy atom. The highest BCUT2D eigenvalue weighted by Gasteiger charge is 2.32. The van der Waals surface area contributed by atoms with Crippen molar-refractivity contribution in [2.75, 3.05) is 25.6 Å². The summed E-state index contributed by atoms with van der Waals surface area (Å²) >= 11 is 0. The third-order valence-electron chi connectivity index (χ3n) is 3.64. The summed E-state index contributed by atoms with van der Waals surface area (Å²) in [5.41, 5.74) is 8.71. The van der Waals surface area contributed by atoms with Gasteiger partial charge < -0.3 is 10.6 Å². The summed E-state index contributed by atoms with van der Waals surface area (Å²) in [6.07, 6.45) is 2.17. The van der Waals surface area contributed by atoms with Gasteiger partial charge in [-0.2, -0.15) is 0 Å². The van der Waals surface area contributed by atoms with Gasteiger partial charge in [0.1, 0.15) is 9.84 Å². The predicted octanol–water partition coefficient (Wildman–Crippen LogP) is 0.588. The number of benzene rings is 1. The molecule has 1 aliphatic carbocycles. The lowest BCUT2D eigenvalue weighted by atomic mass is 10.1. The highest BCUT2D eigenvalue weighted by atomic mass is 32.2. The summed E-state index contributed by atoms with van der Waals surface area (Å²) in [5, 5.41) is 0. The second kappa shape index (κ2) is 4.99. The topological polar surface area (TPSA) is 63.4 Å². The molecular weight excluding hydrogens is 248 g/mol. The van der Waals surface area contributed by atoms with Crippen molar-refractivity contribution in [2.45, 2.75) is 18.5 Å². The molecule has 0 spiro atoms. The Morgan fingerprint density at radius 3 is 2.67 bits per heavy atom. The molecule has 2 rings (SSSR count). The van der Waals surface area contributed by atoms with E-state index in [0.29, 0.717) is 6.54 Å². The van der Waals surface area contributed by atoms with Crippen LogP contribution >= 0.6 is 0 Å². The molecule has 1 aromatic rings. The first-order valence-electron chi connectivity index (χ1n) is 6.10. The Balaban J connectivity index is 2.04. The maximum Gasteiger partial charge on any atom is 0.148 e. The molecule has 4 nitrogen and oxygen atoms in total. The smallest absolute Gasteiger partial charge is 0.148 e. The van der Waals surface area contributed by atoms with Gasteiger partial charge in [0.15, 0.2) is 0 Å². The van der Waals surface area contributed by atoms with Crippen LogP contribution in [0.1, 0.15) is 17.2 Å². The lowest BCUT2D eigenvalue weighted by Crippen LogP contribution is -2.40. The zero-order valence-electron chi connectivity index (χ0n) is 10.8. The van der Waals surface area contributed by atoms with Crippen LogP contribution < -0.4 is 5.73 Å². The Morgan fingerprint density at radius 1 is 1.39 bits per heavy atom. The van der Waals surface area contributed by atoms with E-state index in [4.69, 9.17) is 5.73 Å². The average Bonchev–Trinajstić information content (AvgIpc) is 2.64. The quantitative estimate of drug-likeness (QED) is 0.868. The van der Waals surface area contributed by atoms with Crippen molar-refractivity contribution in [1.82, 2.24) is 4.90 Å². The summed E-state index contributed by atoms with van der Waals surface area (Å²) in [7, 11) is -0.970. The summed E-state index contributed by atoms with van der Waals surface area (Å²) in [6, 6.07) is 8.35. The monoisotopic (exact) mass is 268 g/mol. The van der Waals surface area contributed by atoms with Crippen LogP contribution in [-0.4, -0.2) is 45.0 Å².